The fourth-order valence-corrected chi connectivity index (χ4v) is 3.07. The summed E-state index contributed by atoms with van der Waals surface area (Å²) in [6, 6.07) is 3.80. The lowest BCUT2D eigenvalue weighted by molar-refractivity contribution is -0.137. The molecule has 2 N–H and O–H groups in total. The van der Waals surface area contributed by atoms with Crippen LogP contribution in [-0.4, -0.2) is 41.0 Å². The molecular formula is C24H31F3N4O4. The number of methoxy groups -OCH3 is 1. The topological polar surface area (TPSA) is 102 Å². The van der Waals surface area contributed by atoms with Crippen LogP contribution >= 0.6 is 0 Å². The fraction of sp³-hybridized carbons (Fsp3) is 0.500. The van der Waals surface area contributed by atoms with Crippen molar-refractivity contribution in [3.63, 3.8) is 0 Å². The molecule has 8 nitrogen and oxygen atoms in total. The van der Waals surface area contributed by atoms with E-state index in [4.69, 9.17) is 9.47 Å². The number of carbonyl (C=O) groups excluding carboxylic acids is 2. The molecule has 0 fully saturated rings. The highest BCUT2D eigenvalue weighted by Gasteiger charge is 2.32. The van der Waals surface area contributed by atoms with E-state index in [9.17, 15) is 22.8 Å². The smallest absolute Gasteiger partial charge is 0.416 e. The standard InChI is InChI=1S/C24H31F3N4O4/c1-13(28-21(33)35-23(5,6)7)20(32)29-18-12-16(22(2,3)4)19(31-30-18)15-10-9-14(24(25,26)27)11-17(15)34-8/h9-13H,1-8H3,(H,28,33)(H,29,30,32)/t13-/m1/s1. The molecule has 11 heteroatoms. The van der Waals surface area contributed by atoms with E-state index >= 15 is 0 Å². The number of alkyl carbamates (subject to hydrolysis) is 1. The molecule has 192 valence electrons. The number of benzene rings is 1. The van der Waals surface area contributed by atoms with Crippen LogP contribution in [0.25, 0.3) is 11.3 Å². The summed E-state index contributed by atoms with van der Waals surface area (Å²) in [5.41, 5.74) is -0.814. The first kappa shape index (κ1) is 27.9. The summed E-state index contributed by atoms with van der Waals surface area (Å²) in [6.45, 7) is 12.3. The highest BCUT2D eigenvalue weighted by atomic mass is 19.4. The summed E-state index contributed by atoms with van der Waals surface area (Å²) in [6.07, 6.45) is -5.27. The van der Waals surface area contributed by atoms with Crippen LogP contribution in [0.3, 0.4) is 0 Å². The molecule has 0 bridgehead atoms. The average molecular weight is 497 g/mol. The Labute approximate surface area is 202 Å². The van der Waals surface area contributed by atoms with Gasteiger partial charge >= 0.3 is 12.3 Å². The molecule has 0 aliphatic heterocycles. The minimum atomic E-state index is -4.53. The van der Waals surface area contributed by atoms with Gasteiger partial charge in [-0.15, -0.1) is 10.2 Å². The van der Waals surface area contributed by atoms with Crippen molar-refractivity contribution in [2.75, 3.05) is 12.4 Å². The number of halogens is 3. The molecule has 2 amide bonds. The van der Waals surface area contributed by atoms with Crippen molar-refractivity contribution < 1.29 is 32.2 Å². The number of hydrogen-bond acceptors (Lipinski definition) is 6. The summed E-state index contributed by atoms with van der Waals surface area (Å²) in [4.78, 5) is 24.5. The lowest BCUT2D eigenvalue weighted by atomic mass is 9.84. The number of anilines is 1. The van der Waals surface area contributed by atoms with Gasteiger partial charge in [0, 0.05) is 5.56 Å². The zero-order valence-corrected chi connectivity index (χ0v) is 21.0. The van der Waals surface area contributed by atoms with Crippen LogP contribution in [0.15, 0.2) is 24.3 Å². The van der Waals surface area contributed by atoms with E-state index in [1.165, 1.54) is 20.1 Å². The van der Waals surface area contributed by atoms with E-state index in [0.717, 1.165) is 12.1 Å². The van der Waals surface area contributed by atoms with Gasteiger partial charge in [-0.3, -0.25) is 4.79 Å². The van der Waals surface area contributed by atoms with Crippen molar-refractivity contribution in [3.8, 4) is 17.0 Å². The molecule has 1 atom stereocenters. The molecule has 2 aromatic rings. The third-order valence-electron chi connectivity index (χ3n) is 4.76. The monoisotopic (exact) mass is 496 g/mol. The zero-order chi connectivity index (χ0) is 26.8. The molecule has 0 spiro atoms. The number of alkyl halides is 3. The van der Waals surface area contributed by atoms with Gasteiger partial charge in [-0.25, -0.2) is 4.79 Å². The average Bonchev–Trinajstić information content (AvgIpc) is 2.70. The Hall–Kier alpha value is -3.37. The van der Waals surface area contributed by atoms with Gasteiger partial charge < -0.3 is 20.1 Å². The van der Waals surface area contributed by atoms with Crippen molar-refractivity contribution in [1.29, 1.82) is 0 Å². The third-order valence-corrected chi connectivity index (χ3v) is 4.76. The molecule has 1 heterocycles. The summed E-state index contributed by atoms with van der Waals surface area (Å²) < 4.78 is 49.8. The first-order valence-electron chi connectivity index (χ1n) is 10.9. The highest BCUT2D eigenvalue weighted by molar-refractivity contribution is 5.95. The minimum absolute atomic E-state index is 0.00778. The summed E-state index contributed by atoms with van der Waals surface area (Å²) in [5, 5.41) is 13.3. The van der Waals surface area contributed by atoms with Gasteiger partial charge in [-0.05, 0) is 62.9 Å². The van der Waals surface area contributed by atoms with Gasteiger partial charge in [0.1, 0.15) is 23.1 Å². The van der Waals surface area contributed by atoms with Gasteiger partial charge in [0.05, 0.1) is 12.7 Å². The molecule has 0 aliphatic carbocycles. The van der Waals surface area contributed by atoms with E-state index < -0.39 is 40.8 Å². The van der Waals surface area contributed by atoms with Crippen molar-refractivity contribution in [2.24, 2.45) is 0 Å². The Kier molecular flexibility index (Phi) is 8.03. The van der Waals surface area contributed by atoms with Gasteiger partial charge in [0.2, 0.25) is 5.91 Å². The second-order valence-corrected chi connectivity index (χ2v) is 10.0. The summed E-state index contributed by atoms with van der Waals surface area (Å²) in [7, 11) is 1.27. The predicted molar refractivity (Wildman–Crippen MR) is 125 cm³/mol. The van der Waals surface area contributed by atoms with Crippen LogP contribution in [0, 0.1) is 0 Å². The first-order chi connectivity index (χ1) is 15.9. The van der Waals surface area contributed by atoms with E-state index in [-0.39, 0.29) is 11.6 Å². The summed E-state index contributed by atoms with van der Waals surface area (Å²) >= 11 is 0. The number of ether oxygens (including phenoxy) is 2. The predicted octanol–water partition coefficient (Wildman–Crippen LogP) is 5.32. The molecule has 0 unspecified atom stereocenters. The Morgan fingerprint density at radius 2 is 1.63 bits per heavy atom. The van der Waals surface area contributed by atoms with Crippen molar-refractivity contribution >= 4 is 17.8 Å². The Morgan fingerprint density at radius 3 is 2.14 bits per heavy atom. The number of hydrogen-bond donors (Lipinski definition) is 2. The van der Waals surface area contributed by atoms with E-state index in [2.05, 4.69) is 20.8 Å². The normalized spacial score (nSPS) is 13.1. The van der Waals surface area contributed by atoms with E-state index in [1.807, 2.05) is 20.8 Å². The Morgan fingerprint density at radius 1 is 1.00 bits per heavy atom. The Balaban J connectivity index is 2.37. The Bertz CT molecular complexity index is 1090. The molecule has 35 heavy (non-hydrogen) atoms. The highest BCUT2D eigenvalue weighted by Crippen LogP contribution is 2.40. The summed E-state index contributed by atoms with van der Waals surface area (Å²) in [5.74, 6) is -0.441. The van der Waals surface area contributed by atoms with Crippen LogP contribution in [0.1, 0.15) is 59.6 Å². The zero-order valence-electron chi connectivity index (χ0n) is 21.0. The van der Waals surface area contributed by atoms with Crippen LogP contribution in [-0.2, 0) is 21.1 Å². The molecule has 0 saturated heterocycles. The molecule has 0 saturated carbocycles. The first-order valence-corrected chi connectivity index (χ1v) is 10.9. The fourth-order valence-electron chi connectivity index (χ4n) is 3.07. The SMILES string of the molecule is COc1cc(C(F)(F)F)ccc1-c1nnc(NC(=O)[C@@H](C)NC(=O)OC(C)(C)C)cc1C(C)(C)C. The van der Waals surface area contributed by atoms with Gasteiger partial charge in [-0.1, -0.05) is 20.8 Å². The van der Waals surface area contributed by atoms with Crippen LogP contribution in [0.2, 0.25) is 0 Å². The maximum absolute atomic E-state index is 13.1. The van der Waals surface area contributed by atoms with E-state index in [1.54, 1.807) is 26.8 Å². The maximum atomic E-state index is 13.1. The maximum Gasteiger partial charge on any atom is 0.416 e. The molecule has 0 radical (unpaired) electrons. The van der Waals surface area contributed by atoms with Crippen LogP contribution in [0.5, 0.6) is 5.75 Å². The molecule has 1 aromatic heterocycles. The molecule has 1 aromatic carbocycles. The lowest BCUT2D eigenvalue weighted by Crippen LogP contribution is -2.44. The van der Waals surface area contributed by atoms with Gasteiger partial charge in [0.25, 0.3) is 0 Å². The largest absolute Gasteiger partial charge is 0.496 e. The lowest BCUT2D eigenvalue weighted by Gasteiger charge is -2.24. The van der Waals surface area contributed by atoms with Crippen molar-refractivity contribution in [3.05, 3.63) is 35.4 Å². The number of nitrogens with zero attached hydrogens (tertiary/aromatic N) is 2. The van der Waals surface area contributed by atoms with Crippen LogP contribution < -0.4 is 15.4 Å². The van der Waals surface area contributed by atoms with Gasteiger partial charge in [-0.2, -0.15) is 13.2 Å². The molecule has 0 aliphatic rings. The number of aromatic nitrogens is 2. The number of carbonyl (C=O) groups is 2. The number of rotatable bonds is 5. The second-order valence-electron chi connectivity index (χ2n) is 10.0. The van der Waals surface area contributed by atoms with Crippen molar-refractivity contribution in [2.45, 2.75) is 71.7 Å². The number of nitrogens with one attached hydrogen (secondary N) is 2. The minimum Gasteiger partial charge on any atom is -0.496 e. The quantitative estimate of drug-likeness (QED) is 0.581. The van der Waals surface area contributed by atoms with E-state index in [0.29, 0.717) is 16.8 Å². The number of amides is 2. The van der Waals surface area contributed by atoms with Crippen LogP contribution in [0.4, 0.5) is 23.8 Å². The molecule has 2 rings (SSSR count). The molecular weight excluding hydrogens is 465 g/mol. The van der Waals surface area contributed by atoms with Crippen molar-refractivity contribution in [1.82, 2.24) is 15.5 Å². The third kappa shape index (κ3) is 7.56. The second kappa shape index (κ2) is 10.1. The van der Waals surface area contributed by atoms with Gasteiger partial charge in [0.15, 0.2) is 5.82 Å².